The van der Waals surface area contributed by atoms with Crippen molar-refractivity contribution in [2.24, 2.45) is 5.41 Å². The average molecular weight is 387 g/mol. The van der Waals surface area contributed by atoms with Crippen molar-refractivity contribution in [2.45, 2.75) is 45.4 Å². The fraction of sp³-hybridized carbons (Fsp3) is 0.571. The van der Waals surface area contributed by atoms with Crippen molar-refractivity contribution in [2.75, 3.05) is 26.2 Å². The number of hydrogen-bond acceptors (Lipinski definition) is 4. The lowest BCUT2D eigenvalue weighted by Gasteiger charge is -2.42. The molecule has 2 heterocycles. The monoisotopic (exact) mass is 387 g/mol. The van der Waals surface area contributed by atoms with E-state index in [1.807, 2.05) is 38.1 Å². The molecule has 2 aliphatic heterocycles. The highest BCUT2D eigenvalue weighted by molar-refractivity contribution is 5.91. The van der Waals surface area contributed by atoms with Gasteiger partial charge < -0.3 is 9.80 Å². The van der Waals surface area contributed by atoms with E-state index in [1.165, 1.54) is 6.92 Å². The van der Waals surface area contributed by atoms with Crippen molar-refractivity contribution in [1.82, 2.24) is 15.3 Å². The van der Waals surface area contributed by atoms with Crippen molar-refractivity contribution in [1.29, 1.82) is 0 Å². The number of aryl methyl sites for hydroxylation is 1. The van der Waals surface area contributed by atoms with Gasteiger partial charge in [-0.1, -0.05) is 29.8 Å². The minimum Gasteiger partial charge on any atom is -0.343 e. The van der Waals surface area contributed by atoms with Gasteiger partial charge in [-0.2, -0.15) is 0 Å². The molecule has 0 bridgehead atoms. The standard InChI is InChI=1S/C21H29N3O4/c1-15-4-6-17(7-5-15)20(3)8-11-24(19(20)27)14-21(18(26)22-28)9-12-23(13-10-21)16(2)25/h4-7,28H,8-14H2,1-3H3,(H,22,26). The Kier molecular flexibility index (Phi) is 5.48. The van der Waals surface area contributed by atoms with E-state index in [-0.39, 0.29) is 18.4 Å². The fourth-order valence-corrected chi connectivity index (χ4v) is 4.45. The number of amides is 3. The number of hydroxylamine groups is 1. The second-order valence-corrected chi connectivity index (χ2v) is 8.40. The van der Waals surface area contributed by atoms with E-state index >= 15 is 0 Å². The van der Waals surface area contributed by atoms with E-state index in [2.05, 4.69) is 0 Å². The van der Waals surface area contributed by atoms with Gasteiger partial charge in [-0.3, -0.25) is 19.6 Å². The van der Waals surface area contributed by atoms with Crippen LogP contribution in [0.2, 0.25) is 0 Å². The van der Waals surface area contributed by atoms with Crippen LogP contribution in [-0.2, 0) is 19.8 Å². The molecule has 1 unspecified atom stereocenters. The summed E-state index contributed by atoms with van der Waals surface area (Å²) in [5.41, 5.74) is 2.43. The number of carbonyl (C=O) groups excluding carboxylic acids is 3. The van der Waals surface area contributed by atoms with Gasteiger partial charge in [-0.25, -0.2) is 5.48 Å². The lowest BCUT2D eigenvalue weighted by Crippen LogP contribution is -2.55. The van der Waals surface area contributed by atoms with Crippen molar-refractivity contribution >= 4 is 17.7 Å². The van der Waals surface area contributed by atoms with Crippen molar-refractivity contribution in [3.8, 4) is 0 Å². The molecule has 3 amide bonds. The number of nitrogens with zero attached hydrogens (tertiary/aromatic N) is 2. The normalized spacial score (nSPS) is 24.4. The first-order valence-corrected chi connectivity index (χ1v) is 9.78. The first-order valence-electron chi connectivity index (χ1n) is 9.78. The van der Waals surface area contributed by atoms with Crippen molar-refractivity contribution in [3.63, 3.8) is 0 Å². The molecule has 1 aromatic rings. The third-order valence-electron chi connectivity index (χ3n) is 6.57. The van der Waals surface area contributed by atoms with Gasteiger partial charge >= 0.3 is 0 Å². The number of piperidine rings is 1. The second kappa shape index (κ2) is 7.54. The molecule has 28 heavy (non-hydrogen) atoms. The van der Waals surface area contributed by atoms with Crippen LogP contribution in [0.3, 0.4) is 0 Å². The second-order valence-electron chi connectivity index (χ2n) is 8.40. The highest BCUT2D eigenvalue weighted by atomic mass is 16.5. The molecular formula is C21H29N3O4. The summed E-state index contributed by atoms with van der Waals surface area (Å²) in [5, 5.41) is 9.29. The summed E-state index contributed by atoms with van der Waals surface area (Å²) in [7, 11) is 0. The topological polar surface area (TPSA) is 90.0 Å². The Balaban J connectivity index is 1.79. The molecule has 1 aromatic carbocycles. The van der Waals surface area contributed by atoms with Crippen LogP contribution in [-0.4, -0.2) is 58.9 Å². The van der Waals surface area contributed by atoms with Crippen LogP contribution in [0.5, 0.6) is 0 Å². The molecule has 1 atom stereocenters. The maximum atomic E-state index is 13.3. The summed E-state index contributed by atoms with van der Waals surface area (Å²) in [6.45, 7) is 7.19. The lowest BCUT2D eigenvalue weighted by atomic mass is 9.76. The van der Waals surface area contributed by atoms with Crippen LogP contribution in [0.15, 0.2) is 24.3 Å². The predicted molar refractivity (Wildman–Crippen MR) is 104 cm³/mol. The quantitative estimate of drug-likeness (QED) is 0.607. The minimum atomic E-state index is -0.880. The molecule has 0 radical (unpaired) electrons. The zero-order chi connectivity index (χ0) is 20.5. The van der Waals surface area contributed by atoms with Gasteiger partial charge in [-0.05, 0) is 38.7 Å². The van der Waals surface area contributed by atoms with Gasteiger partial charge in [0.15, 0.2) is 0 Å². The molecule has 2 N–H and O–H groups in total. The van der Waals surface area contributed by atoms with Gasteiger partial charge in [0.2, 0.25) is 11.8 Å². The molecule has 152 valence electrons. The Labute approximate surface area is 165 Å². The zero-order valence-corrected chi connectivity index (χ0v) is 16.8. The van der Waals surface area contributed by atoms with Crippen molar-refractivity contribution < 1.29 is 19.6 Å². The van der Waals surface area contributed by atoms with E-state index in [0.717, 1.165) is 11.1 Å². The van der Waals surface area contributed by atoms with E-state index in [1.54, 1.807) is 15.3 Å². The first kappa shape index (κ1) is 20.3. The number of carbonyl (C=O) groups is 3. The molecule has 3 rings (SSSR count). The smallest absolute Gasteiger partial charge is 0.251 e. The highest BCUT2D eigenvalue weighted by Crippen LogP contribution is 2.39. The SMILES string of the molecule is CC(=O)N1CCC(CN2CCC(C)(c3ccc(C)cc3)C2=O)(C(=O)NO)CC1. The summed E-state index contributed by atoms with van der Waals surface area (Å²) in [6.07, 6.45) is 1.53. The third kappa shape index (κ3) is 3.51. The van der Waals surface area contributed by atoms with E-state index in [9.17, 15) is 19.6 Å². The van der Waals surface area contributed by atoms with E-state index < -0.39 is 16.7 Å². The first-order chi connectivity index (χ1) is 13.2. The third-order valence-corrected chi connectivity index (χ3v) is 6.57. The Hall–Kier alpha value is -2.41. The molecule has 7 nitrogen and oxygen atoms in total. The van der Waals surface area contributed by atoms with Crippen LogP contribution in [0.1, 0.15) is 44.2 Å². The maximum absolute atomic E-state index is 13.3. The molecule has 0 aromatic heterocycles. The summed E-state index contributed by atoms with van der Waals surface area (Å²) < 4.78 is 0. The lowest BCUT2D eigenvalue weighted by molar-refractivity contribution is -0.149. The number of likely N-dealkylation sites (tertiary alicyclic amines) is 2. The van der Waals surface area contributed by atoms with Crippen LogP contribution >= 0.6 is 0 Å². The largest absolute Gasteiger partial charge is 0.343 e. The Morgan fingerprint density at radius 3 is 2.25 bits per heavy atom. The van der Waals surface area contributed by atoms with E-state index in [0.29, 0.717) is 38.9 Å². The Morgan fingerprint density at radius 1 is 1.11 bits per heavy atom. The minimum absolute atomic E-state index is 0.00969. The van der Waals surface area contributed by atoms with Gasteiger partial charge in [0.25, 0.3) is 5.91 Å². The number of nitrogens with one attached hydrogen (secondary N) is 1. The highest BCUT2D eigenvalue weighted by Gasteiger charge is 2.49. The summed E-state index contributed by atoms with van der Waals surface area (Å²) in [5.74, 6) is -0.495. The van der Waals surface area contributed by atoms with Crippen LogP contribution in [0.25, 0.3) is 0 Å². The Morgan fingerprint density at radius 2 is 1.71 bits per heavy atom. The molecule has 0 saturated carbocycles. The fourth-order valence-electron chi connectivity index (χ4n) is 4.45. The molecule has 0 spiro atoms. The van der Waals surface area contributed by atoms with Gasteiger partial charge in [0.1, 0.15) is 0 Å². The molecule has 2 saturated heterocycles. The molecule has 0 aliphatic carbocycles. The molecule has 2 fully saturated rings. The molecular weight excluding hydrogens is 358 g/mol. The average Bonchev–Trinajstić information content (AvgIpc) is 2.97. The van der Waals surface area contributed by atoms with Gasteiger partial charge in [0.05, 0.1) is 10.8 Å². The predicted octanol–water partition coefficient (Wildman–Crippen LogP) is 1.62. The summed E-state index contributed by atoms with van der Waals surface area (Å²) >= 11 is 0. The van der Waals surface area contributed by atoms with Gasteiger partial charge in [0, 0.05) is 33.1 Å². The van der Waals surface area contributed by atoms with Crippen molar-refractivity contribution in [3.05, 3.63) is 35.4 Å². The van der Waals surface area contributed by atoms with Crippen LogP contribution in [0, 0.1) is 12.3 Å². The Bertz CT molecular complexity index is 768. The summed E-state index contributed by atoms with van der Waals surface area (Å²) in [6, 6.07) is 8.01. The zero-order valence-electron chi connectivity index (χ0n) is 16.8. The number of rotatable bonds is 4. The maximum Gasteiger partial charge on any atom is 0.251 e. The number of benzene rings is 1. The molecule has 2 aliphatic rings. The molecule has 7 heteroatoms. The van der Waals surface area contributed by atoms with Crippen LogP contribution < -0.4 is 5.48 Å². The van der Waals surface area contributed by atoms with Gasteiger partial charge in [-0.15, -0.1) is 0 Å². The van der Waals surface area contributed by atoms with E-state index in [4.69, 9.17) is 0 Å². The number of hydrogen-bond donors (Lipinski definition) is 2. The van der Waals surface area contributed by atoms with Crippen LogP contribution in [0.4, 0.5) is 0 Å². The summed E-state index contributed by atoms with van der Waals surface area (Å²) in [4.78, 5) is 40.9.